The van der Waals surface area contributed by atoms with E-state index < -0.39 is 0 Å². The Morgan fingerprint density at radius 2 is 2.19 bits per heavy atom. The number of hydrogen-bond acceptors (Lipinski definition) is 4. The topological polar surface area (TPSA) is 80.5 Å². The van der Waals surface area contributed by atoms with Crippen LogP contribution in [0.2, 0.25) is 0 Å². The molecule has 0 aliphatic carbocycles. The molecule has 5 nitrogen and oxygen atoms in total. The van der Waals surface area contributed by atoms with E-state index in [1.54, 1.807) is 17.1 Å². The zero-order chi connectivity index (χ0) is 11.4. The molecule has 2 N–H and O–H groups in total. The lowest BCUT2D eigenvalue weighted by Crippen LogP contribution is -2.04. The Kier molecular flexibility index (Phi) is 2.94. The maximum atomic E-state index is 8.93. The minimum absolute atomic E-state index is 0.326. The Morgan fingerprint density at radius 3 is 2.88 bits per heavy atom. The quantitative estimate of drug-likeness (QED) is 0.812. The van der Waals surface area contributed by atoms with Gasteiger partial charge < -0.3 is 5.73 Å². The normalized spacial score (nSPS) is 10.0. The number of nitriles is 1. The summed E-state index contributed by atoms with van der Waals surface area (Å²) in [7, 11) is 0. The average Bonchev–Trinajstić information content (AvgIpc) is 2.77. The molecule has 0 bridgehead atoms. The Labute approximate surface area is 93.1 Å². The molecule has 0 fully saturated rings. The third-order valence-electron chi connectivity index (χ3n) is 2.24. The molecule has 80 valence electrons. The molecule has 16 heavy (non-hydrogen) atoms. The van der Waals surface area contributed by atoms with Crippen molar-refractivity contribution < 1.29 is 0 Å². The largest absolute Gasteiger partial charge is 0.324 e. The second-order valence-electron chi connectivity index (χ2n) is 3.33. The molecule has 0 saturated heterocycles. The van der Waals surface area contributed by atoms with E-state index in [1.807, 2.05) is 18.2 Å². The van der Waals surface area contributed by atoms with Gasteiger partial charge in [-0.15, -0.1) is 0 Å². The molecule has 0 aliphatic rings. The van der Waals surface area contributed by atoms with Crippen molar-refractivity contribution in [3.63, 3.8) is 0 Å². The zero-order valence-corrected chi connectivity index (χ0v) is 8.67. The van der Waals surface area contributed by atoms with Crippen molar-refractivity contribution in [3.8, 4) is 6.07 Å². The molecule has 1 aromatic heterocycles. The second-order valence-corrected chi connectivity index (χ2v) is 3.33. The van der Waals surface area contributed by atoms with E-state index in [0.717, 1.165) is 5.56 Å². The summed E-state index contributed by atoms with van der Waals surface area (Å²) < 4.78 is 1.68. The standard InChI is InChI=1S/C11H11N5/c12-5-9-3-1-2-4-10(9)7-16-8-14-11(6-13)15-16/h1-4,8H,6-7,13H2. The van der Waals surface area contributed by atoms with Gasteiger partial charge in [0.2, 0.25) is 0 Å². The summed E-state index contributed by atoms with van der Waals surface area (Å²) in [5.74, 6) is 0.606. The average molecular weight is 213 g/mol. The SMILES string of the molecule is N#Cc1ccccc1Cn1cnc(CN)n1. The number of hydrogen-bond donors (Lipinski definition) is 1. The third kappa shape index (κ3) is 2.07. The summed E-state index contributed by atoms with van der Waals surface area (Å²) in [4.78, 5) is 4.03. The molecule has 0 saturated carbocycles. The molecule has 0 aliphatic heterocycles. The monoisotopic (exact) mass is 213 g/mol. The van der Waals surface area contributed by atoms with Crippen LogP contribution in [-0.2, 0) is 13.1 Å². The predicted octanol–water partition coefficient (Wildman–Crippen LogP) is 0.657. The van der Waals surface area contributed by atoms with Gasteiger partial charge in [0.1, 0.15) is 6.33 Å². The van der Waals surface area contributed by atoms with Crippen LogP contribution in [0.1, 0.15) is 17.0 Å². The number of nitrogens with two attached hydrogens (primary N) is 1. The predicted molar refractivity (Wildman–Crippen MR) is 58.2 cm³/mol. The first kappa shape index (κ1) is 10.3. The van der Waals surface area contributed by atoms with Crippen LogP contribution in [0.5, 0.6) is 0 Å². The Morgan fingerprint density at radius 1 is 1.38 bits per heavy atom. The van der Waals surface area contributed by atoms with E-state index in [4.69, 9.17) is 11.0 Å². The summed E-state index contributed by atoms with van der Waals surface area (Å²) in [6.07, 6.45) is 1.62. The number of rotatable bonds is 3. The van der Waals surface area contributed by atoms with Gasteiger partial charge in [0.25, 0.3) is 0 Å². The van der Waals surface area contributed by atoms with Gasteiger partial charge in [0.15, 0.2) is 5.82 Å². The fourth-order valence-corrected chi connectivity index (χ4v) is 1.44. The van der Waals surface area contributed by atoms with Gasteiger partial charge >= 0.3 is 0 Å². The van der Waals surface area contributed by atoms with Crippen LogP contribution in [0.25, 0.3) is 0 Å². The lowest BCUT2D eigenvalue weighted by molar-refractivity contribution is 0.670. The van der Waals surface area contributed by atoms with Gasteiger partial charge in [0, 0.05) is 0 Å². The Bertz CT molecular complexity index is 523. The van der Waals surface area contributed by atoms with Crippen molar-refractivity contribution in [1.29, 1.82) is 5.26 Å². The summed E-state index contributed by atoms with van der Waals surface area (Å²) in [6.45, 7) is 0.865. The molecule has 1 aromatic carbocycles. The van der Waals surface area contributed by atoms with Gasteiger partial charge in [-0.3, -0.25) is 0 Å². The second kappa shape index (κ2) is 4.55. The van der Waals surface area contributed by atoms with Gasteiger partial charge in [-0.2, -0.15) is 10.4 Å². The summed E-state index contributed by atoms with van der Waals surface area (Å²) >= 11 is 0. The molecule has 0 atom stereocenters. The van der Waals surface area contributed by atoms with E-state index in [-0.39, 0.29) is 0 Å². The van der Waals surface area contributed by atoms with E-state index in [1.165, 1.54) is 0 Å². The smallest absolute Gasteiger partial charge is 0.164 e. The van der Waals surface area contributed by atoms with Crippen molar-refractivity contribution in [2.45, 2.75) is 13.1 Å². The first-order chi connectivity index (χ1) is 7.83. The maximum absolute atomic E-state index is 8.93. The highest BCUT2D eigenvalue weighted by Gasteiger charge is 2.03. The van der Waals surface area contributed by atoms with E-state index in [9.17, 15) is 0 Å². The molecular weight excluding hydrogens is 202 g/mol. The van der Waals surface area contributed by atoms with Gasteiger partial charge in [-0.1, -0.05) is 18.2 Å². The third-order valence-corrected chi connectivity index (χ3v) is 2.24. The number of benzene rings is 1. The summed E-state index contributed by atoms with van der Waals surface area (Å²) in [6, 6.07) is 9.59. The van der Waals surface area contributed by atoms with Crippen molar-refractivity contribution in [1.82, 2.24) is 14.8 Å². The Balaban J connectivity index is 2.24. The Hall–Kier alpha value is -2.19. The van der Waals surface area contributed by atoms with Crippen LogP contribution >= 0.6 is 0 Å². The molecule has 0 unspecified atom stereocenters. The maximum Gasteiger partial charge on any atom is 0.164 e. The van der Waals surface area contributed by atoms with E-state index in [0.29, 0.717) is 24.5 Å². The van der Waals surface area contributed by atoms with Crippen molar-refractivity contribution in [2.24, 2.45) is 5.73 Å². The highest BCUT2D eigenvalue weighted by molar-refractivity contribution is 5.37. The molecule has 0 radical (unpaired) electrons. The first-order valence-electron chi connectivity index (χ1n) is 4.90. The zero-order valence-electron chi connectivity index (χ0n) is 8.67. The highest BCUT2D eigenvalue weighted by atomic mass is 15.3. The molecular formula is C11H11N5. The van der Waals surface area contributed by atoms with Crippen LogP contribution in [-0.4, -0.2) is 14.8 Å². The van der Waals surface area contributed by atoms with Gasteiger partial charge in [0.05, 0.1) is 24.7 Å². The van der Waals surface area contributed by atoms with Crippen LogP contribution in [0.15, 0.2) is 30.6 Å². The molecule has 2 aromatic rings. The van der Waals surface area contributed by atoms with Crippen molar-refractivity contribution in [3.05, 3.63) is 47.5 Å². The minimum atomic E-state index is 0.326. The van der Waals surface area contributed by atoms with E-state index in [2.05, 4.69) is 16.2 Å². The van der Waals surface area contributed by atoms with Crippen LogP contribution in [0.4, 0.5) is 0 Å². The summed E-state index contributed by atoms with van der Waals surface area (Å²) in [5, 5.41) is 13.1. The molecule has 2 rings (SSSR count). The number of aromatic nitrogens is 3. The first-order valence-corrected chi connectivity index (χ1v) is 4.90. The van der Waals surface area contributed by atoms with Gasteiger partial charge in [-0.25, -0.2) is 9.67 Å². The van der Waals surface area contributed by atoms with Crippen molar-refractivity contribution in [2.75, 3.05) is 0 Å². The number of nitrogens with zero attached hydrogens (tertiary/aromatic N) is 4. The highest BCUT2D eigenvalue weighted by Crippen LogP contribution is 2.08. The van der Waals surface area contributed by atoms with Crippen LogP contribution in [0.3, 0.4) is 0 Å². The summed E-state index contributed by atoms with van der Waals surface area (Å²) in [5.41, 5.74) is 7.01. The molecule has 0 spiro atoms. The lowest BCUT2D eigenvalue weighted by atomic mass is 10.1. The lowest BCUT2D eigenvalue weighted by Gasteiger charge is -2.02. The van der Waals surface area contributed by atoms with Crippen molar-refractivity contribution >= 4 is 0 Å². The van der Waals surface area contributed by atoms with Crippen LogP contribution in [0, 0.1) is 11.3 Å². The van der Waals surface area contributed by atoms with Gasteiger partial charge in [-0.05, 0) is 11.6 Å². The minimum Gasteiger partial charge on any atom is -0.324 e. The fraction of sp³-hybridized carbons (Fsp3) is 0.182. The molecule has 0 amide bonds. The fourth-order valence-electron chi connectivity index (χ4n) is 1.44. The van der Waals surface area contributed by atoms with E-state index >= 15 is 0 Å². The molecule has 5 heteroatoms. The molecule has 1 heterocycles. The van der Waals surface area contributed by atoms with Crippen LogP contribution < -0.4 is 5.73 Å².